The van der Waals surface area contributed by atoms with E-state index in [0.29, 0.717) is 0 Å². The minimum absolute atomic E-state index is 0.0590. The van der Waals surface area contributed by atoms with Crippen molar-refractivity contribution in [1.29, 1.82) is 0 Å². The Morgan fingerprint density at radius 2 is 1.20 bits per heavy atom. The van der Waals surface area contributed by atoms with Crippen molar-refractivity contribution in [3.8, 4) is 0 Å². The summed E-state index contributed by atoms with van der Waals surface area (Å²) in [6.45, 7) is 15.4. The van der Waals surface area contributed by atoms with E-state index in [1.807, 2.05) is 42.5 Å². The fourth-order valence-corrected chi connectivity index (χ4v) is 3.80. The van der Waals surface area contributed by atoms with Crippen LogP contribution in [0.2, 0.25) is 0 Å². The van der Waals surface area contributed by atoms with Gasteiger partial charge in [-0.3, -0.25) is 4.79 Å². The van der Waals surface area contributed by atoms with Gasteiger partial charge in [0.25, 0.3) is 0 Å². The molecular weight excluding hydrogens is 304 g/mol. The molecule has 0 spiro atoms. The van der Waals surface area contributed by atoms with Gasteiger partial charge in [-0.15, -0.1) is 0 Å². The van der Waals surface area contributed by atoms with Gasteiger partial charge in [-0.1, -0.05) is 94.4 Å². The number of carbonyl (C=O) groups excluding carboxylic acids is 1. The van der Waals surface area contributed by atoms with Crippen LogP contribution in [0.1, 0.15) is 56.1 Å². The Kier molecular flexibility index (Phi) is 4.07. The second-order valence-electron chi connectivity index (χ2n) is 8.05. The van der Waals surface area contributed by atoms with Gasteiger partial charge in [-0.25, -0.2) is 0 Å². The fraction of sp³-hybridized carbons (Fsp3) is 0.292. The largest absolute Gasteiger partial charge is 0.289 e. The molecule has 1 aliphatic carbocycles. The molecule has 3 rings (SSSR count). The van der Waals surface area contributed by atoms with Crippen LogP contribution >= 0.6 is 0 Å². The first kappa shape index (κ1) is 17.4. The monoisotopic (exact) mass is 330 g/mol. The highest BCUT2D eigenvalue weighted by Gasteiger charge is 2.61. The maximum absolute atomic E-state index is 12.6. The molecule has 1 fully saturated rings. The summed E-state index contributed by atoms with van der Waals surface area (Å²) >= 11 is 0. The van der Waals surface area contributed by atoms with E-state index in [-0.39, 0.29) is 16.6 Å². The Morgan fingerprint density at radius 1 is 0.760 bits per heavy atom. The minimum Gasteiger partial charge on any atom is -0.289 e. The van der Waals surface area contributed by atoms with Crippen LogP contribution in [-0.2, 0) is 0 Å². The van der Waals surface area contributed by atoms with Crippen molar-refractivity contribution in [3.05, 3.63) is 89.0 Å². The zero-order valence-corrected chi connectivity index (χ0v) is 15.8. The highest BCUT2D eigenvalue weighted by Crippen LogP contribution is 2.70. The van der Waals surface area contributed by atoms with Crippen LogP contribution in [0.5, 0.6) is 0 Å². The van der Waals surface area contributed by atoms with E-state index in [1.165, 1.54) is 11.1 Å². The third kappa shape index (κ3) is 2.78. The summed E-state index contributed by atoms with van der Waals surface area (Å²) in [7, 11) is 0. The Hall–Kier alpha value is -2.41. The smallest absolute Gasteiger partial charge is 0.193 e. The second kappa shape index (κ2) is 5.84. The summed E-state index contributed by atoms with van der Waals surface area (Å²) in [5, 5.41) is 0. The molecule has 1 aliphatic rings. The van der Waals surface area contributed by atoms with Crippen molar-refractivity contribution in [3.63, 3.8) is 0 Å². The first-order chi connectivity index (χ1) is 11.7. The molecule has 0 atom stereocenters. The molecule has 1 saturated carbocycles. The molecular formula is C24H26O. The van der Waals surface area contributed by atoms with Crippen molar-refractivity contribution in [1.82, 2.24) is 0 Å². The number of allylic oxidation sites excluding steroid dienone is 3. The topological polar surface area (TPSA) is 17.1 Å². The van der Waals surface area contributed by atoms with E-state index in [1.54, 1.807) is 0 Å². The number of ketones is 1. The standard InChI is InChI=1S/C24H26O/c1-16(2)20(22-23(3,4)24(22,5)6)17-12-14-19(15-13-17)21(25)18-10-8-7-9-11-18/h7-15H,1H2,2-6H3. The van der Waals surface area contributed by atoms with Gasteiger partial charge in [0, 0.05) is 11.1 Å². The first-order valence-electron chi connectivity index (χ1n) is 8.79. The first-order valence-corrected chi connectivity index (χ1v) is 8.79. The summed E-state index contributed by atoms with van der Waals surface area (Å²) < 4.78 is 0. The van der Waals surface area contributed by atoms with E-state index in [0.717, 1.165) is 22.3 Å². The van der Waals surface area contributed by atoms with Crippen molar-refractivity contribution in [2.24, 2.45) is 10.8 Å². The third-order valence-corrected chi connectivity index (χ3v) is 5.90. The Balaban J connectivity index is 1.99. The van der Waals surface area contributed by atoms with Gasteiger partial charge < -0.3 is 0 Å². The average Bonchev–Trinajstić information content (AvgIpc) is 2.98. The summed E-state index contributed by atoms with van der Waals surface area (Å²) in [6.07, 6.45) is 0. The minimum atomic E-state index is 0.0590. The van der Waals surface area contributed by atoms with Gasteiger partial charge in [0.15, 0.2) is 5.78 Å². The molecule has 0 radical (unpaired) electrons. The summed E-state index contributed by atoms with van der Waals surface area (Å²) in [6, 6.07) is 17.4. The number of rotatable bonds is 4. The average molecular weight is 330 g/mol. The lowest BCUT2D eigenvalue weighted by molar-refractivity contribution is 0.103. The molecule has 1 heteroatoms. The van der Waals surface area contributed by atoms with E-state index < -0.39 is 0 Å². The van der Waals surface area contributed by atoms with Crippen LogP contribution in [0, 0.1) is 10.8 Å². The van der Waals surface area contributed by atoms with Crippen LogP contribution in [0.15, 0.2) is 72.3 Å². The molecule has 25 heavy (non-hydrogen) atoms. The molecule has 0 heterocycles. The third-order valence-electron chi connectivity index (χ3n) is 5.90. The normalized spacial score (nSPS) is 17.1. The van der Waals surface area contributed by atoms with Crippen LogP contribution < -0.4 is 0 Å². The zero-order valence-electron chi connectivity index (χ0n) is 15.8. The molecule has 128 valence electrons. The van der Waals surface area contributed by atoms with E-state index in [2.05, 4.69) is 53.3 Å². The zero-order chi connectivity index (χ0) is 18.4. The fourth-order valence-electron chi connectivity index (χ4n) is 3.80. The lowest BCUT2D eigenvalue weighted by Gasteiger charge is -2.10. The SMILES string of the molecule is C=C(C)C(=C1C(C)(C)C1(C)C)c1ccc(C(=O)c2ccccc2)cc1. The van der Waals surface area contributed by atoms with E-state index >= 15 is 0 Å². The molecule has 0 saturated heterocycles. The Morgan fingerprint density at radius 3 is 1.64 bits per heavy atom. The molecule has 0 N–H and O–H groups in total. The van der Waals surface area contributed by atoms with Crippen molar-refractivity contribution in [2.75, 3.05) is 0 Å². The van der Waals surface area contributed by atoms with Crippen LogP contribution in [-0.4, -0.2) is 5.78 Å². The summed E-state index contributed by atoms with van der Waals surface area (Å²) in [5.41, 5.74) is 6.72. The molecule has 0 aromatic heterocycles. The van der Waals surface area contributed by atoms with Gasteiger partial charge in [0.05, 0.1) is 0 Å². The van der Waals surface area contributed by atoms with Gasteiger partial charge >= 0.3 is 0 Å². The summed E-state index contributed by atoms with van der Waals surface area (Å²) in [4.78, 5) is 12.6. The van der Waals surface area contributed by atoms with Gasteiger partial charge in [0.1, 0.15) is 0 Å². The molecule has 1 nitrogen and oxygen atoms in total. The van der Waals surface area contributed by atoms with Crippen LogP contribution in [0.4, 0.5) is 0 Å². The lowest BCUT2D eigenvalue weighted by atomic mass is 9.94. The molecule has 0 bridgehead atoms. The highest BCUT2D eigenvalue weighted by molar-refractivity contribution is 6.09. The van der Waals surface area contributed by atoms with Crippen molar-refractivity contribution < 1.29 is 4.79 Å². The molecule has 0 aliphatic heterocycles. The molecule has 0 unspecified atom stereocenters. The van der Waals surface area contributed by atoms with Crippen molar-refractivity contribution in [2.45, 2.75) is 34.6 Å². The number of carbonyl (C=O) groups is 1. The maximum atomic E-state index is 12.6. The maximum Gasteiger partial charge on any atom is 0.193 e. The predicted octanol–water partition coefficient (Wildman–Crippen LogP) is 6.31. The lowest BCUT2D eigenvalue weighted by Crippen LogP contribution is -2.01. The molecule has 0 amide bonds. The highest BCUT2D eigenvalue weighted by atomic mass is 16.1. The Labute approximate surface area is 151 Å². The predicted molar refractivity (Wildman–Crippen MR) is 106 cm³/mol. The van der Waals surface area contributed by atoms with E-state index in [4.69, 9.17) is 0 Å². The van der Waals surface area contributed by atoms with Gasteiger partial charge in [-0.05, 0) is 34.5 Å². The van der Waals surface area contributed by atoms with Gasteiger partial charge in [-0.2, -0.15) is 0 Å². The quantitative estimate of drug-likeness (QED) is 0.600. The number of hydrogen-bond donors (Lipinski definition) is 0. The van der Waals surface area contributed by atoms with Crippen LogP contribution in [0.25, 0.3) is 5.57 Å². The Bertz CT molecular complexity index is 846. The second-order valence-corrected chi connectivity index (χ2v) is 8.05. The number of benzene rings is 2. The van der Waals surface area contributed by atoms with E-state index in [9.17, 15) is 4.79 Å². The van der Waals surface area contributed by atoms with Crippen LogP contribution in [0.3, 0.4) is 0 Å². The molecule has 2 aromatic rings. The molecule has 2 aromatic carbocycles. The summed E-state index contributed by atoms with van der Waals surface area (Å²) in [5.74, 6) is 0.0590. The van der Waals surface area contributed by atoms with Gasteiger partial charge in [0.2, 0.25) is 0 Å². The number of hydrogen-bond acceptors (Lipinski definition) is 1. The van der Waals surface area contributed by atoms with Crippen molar-refractivity contribution >= 4 is 11.4 Å².